The normalized spacial score (nSPS) is 32.0. The zero-order chi connectivity index (χ0) is 12.1. The second-order valence-corrected chi connectivity index (χ2v) is 5.39. The summed E-state index contributed by atoms with van der Waals surface area (Å²) in [6.07, 6.45) is 8.67. The molecule has 0 spiro atoms. The predicted molar refractivity (Wildman–Crippen MR) is 66.6 cm³/mol. The number of hydrogen-bond acceptors (Lipinski definition) is 3. The molecule has 0 aromatic heterocycles. The van der Waals surface area contributed by atoms with E-state index in [9.17, 15) is 4.79 Å². The maximum Gasteiger partial charge on any atom is 0.237 e. The lowest BCUT2D eigenvalue weighted by molar-refractivity contribution is -0.125. The number of nitrogens with one attached hydrogen (secondary N) is 1. The van der Waals surface area contributed by atoms with Crippen LogP contribution in [0.5, 0.6) is 0 Å². The van der Waals surface area contributed by atoms with Gasteiger partial charge in [-0.05, 0) is 32.1 Å². The number of rotatable bonds is 3. The Morgan fingerprint density at radius 1 is 1.12 bits per heavy atom. The van der Waals surface area contributed by atoms with Gasteiger partial charge < -0.3 is 15.8 Å². The molecule has 1 atom stereocenters. The lowest BCUT2D eigenvalue weighted by Crippen LogP contribution is -2.59. The predicted octanol–water partition coefficient (Wildman–Crippen LogP) is 1.33. The molecule has 1 aliphatic heterocycles. The van der Waals surface area contributed by atoms with Crippen LogP contribution in [0.25, 0.3) is 0 Å². The highest BCUT2D eigenvalue weighted by molar-refractivity contribution is 5.84. The van der Waals surface area contributed by atoms with Crippen molar-refractivity contribution in [2.24, 2.45) is 5.73 Å². The van der Waals surface area contributed by atoms with Crippen LogP contribution < -0.4 is 11.1 Å². The lowest BCUT2D eigenvalue weighted by Gasteiger charge is -2.36. The van der Waals surface area contributed by atoms with Crippen LogP contribution >= 0.6 is 0 Å². The molecule has 2 rings (SSSR count). The van der Waals surface area contributed by atoms with Gasteiger partial charge in [0.15, 0.2) is 0 Å². The average Bonchev–Trinajstić information content (AvgIpc) is 2.57. The second-order valence-electron chi connectivity index (χ2n) is 5.39. The number of carbonyl (C=O) groups is 1. The fourth-order valence-corrected chi connectivity index (χ4v) is 3.05. The van der Waals surface area contributed by atoms with E-state index in [1.165, 1.54) is 32.1 Å². The molecule has 0 aromatic carbocycles. The highest BCUT2D eigenvalue weighted by Crippen LogP contribution is 2.26. The molecule has 2 aliphatic rings. The molecule has 1 unspecified atom stereocenters. The first-order valence-electron chi connectivity index (χ1n) is 6.88. The molecule has 2 fully saturated rings. The summed E-state index contributed by atoms with van der Waals surface area (Å²) in [5.74, 6) is -0.200. The topological polar surface area (TPSA) is 64.4 Å². The monoisotopic (exact) mass is 240 g/mol. The van der Waals surface area contributed by atoms with E-state index in [1.54, 1.807) is 0 Å². The van der Waals surface area contributed by atoms with Crippen molar-refractivity contribution in [3.63, 3.8) is 0 Å². The van der Waals surface area contributed by atoms with Crippen molar-refractivity contribution >= 4 is 5.91 Å². The van der Waals surface area contributed by atoms with Crippen LogP contribution in [0.2, 0.25) is 0 Å². The van der Waals surface area contributed by atoms with Crippen LogP contribution in [-0.4, -0.2) is 30.7 Å². The summed E-state index contributed by atoms with van der Waals surface area (Å²) in [6, 6.07) is 0.467. The first-order chi connectivity index (χ1) is 8.23. The highest BCUT2D eigenvalue weighted by atomic mass is 16.5. The zero-order valence-electron chi connectivity index (χ0n) is 10.5. The minimum Gasteiger partial charge on any atom is -0.381 e. The van der Waals surface area contributed by atoms with Gasteiger partial charge in [-0.25, -0.2) is 0 Å². The Bertz CT molecular complexity index is 254. The quantitative estimate of drug-likeness (QED) is 0.782. The zero-order valence-corrected chi connectivity index (χ0v) is 10.5. The molecule has 0 aromatic rings. The molecular weight excluding hydrogens is 216 g/mol. The van der Waals surface area contributed by atoms with E-state index in [-0.39, 0.29) is 5.91 Å². The number of nitrogens with two attached hydrogens (primary N) is 1. The molecule has 4 nitrogen and oxygen atoms in total. The number of hydrogen-bond donors (Lipinski definition) is 2. The molecular formula is C13H24N2O2. The third kappa shape index (κ3) is 3.19. The smallest absolute Gasteiger partial charge is 0.237 e. The van der Waals surface area contributed by atoms with Crippen LogP contribution in [0.15, 0.2) is 0 Å². The molecule has 1 saturated carbocycles. The van der Waals surface area contributed by atoms with Crippen molar-refractivity contribution in [1.29, 1.82) is 0 Å². The SMILES string of the molecule is NC(=O)C1(NC2CCCCC2)CCCOCC1. The van der Waals surface area contributed by atoms with E-state index in [4.69, 9.17) is 10.5 Å². The fourth-order valence-electron chi connectivity index (χ4n) is 3.05. The van der Waals surface area contributed by atoms with Gasteiger partial charge in [0.25, 0.3) is 0 Å². The minimum atomic E-state index is -0.515. The van der Waals surface area contributed by atoms with E-state index < -0.39 is 5.54 Å². The summed E-state index contributed by atoms with van der Waals surface area (Å²) >= 11 is 0. The Balaban J connectivity index is 2.01. The molecule has 17 heavy (non-hydrogen) atoms. The molecule has 1 saturated heterocycles. The second kappa shape index (κ2) is 5.83. The molecule has 98 valence electrons. The average molecular weight is 240 g/mol. The Morgan fingerprint density at radius 2 is 1.88 bits per heavy atom. The van der Waals surface area contributed by atoms with Crippen molar-refractivity contribution < 1.29 is 9.53 Å². The van der Waals surface area contributed by atoms with Gasteiger partial charge in [-0.15, -0.1) is 0 Å². The van der Waals surface area contributed by atoms with Crippen molar-refractivity contribution in [1.82, 2.24) is 5.32 Å². The summed E-state index contributed by atoms with van der Waals surface area (Å²) in [6.45, 7) is 1.39. The largest absolute Gasteiger partial charge is 0.381 e. The maximum absolute atomic E-state index is 11.8. The standard InChI is InChI=1S/C13H24N2O2/c14-12(16)13(7-4-9-17-10-8-13)15-11-5-2-1-3-6-11/h11,15H,1-10H2,(H2,14,16). The van der Waals surface area contributed by atoms with Crippen LogP contribution in [0, 0.1) is 0 Å². The lowest BCUT2D eigenvalue weighted by atomic mass is 9.86. The molecule has 3 N–H and O–H groups in total. The summed E-state index contributed by atoms with van der Waals surface area (Å²) < 4.78 is 5.44. The van der Waals surface area contributed by atoms with E-state index in [0.29, 0.717) is 12.6 Å². The van der Waals surface area contributed by atoms with E-state index in [2.05, 4.69) is 5.32 Å². The van der Waals surface area contributed by atoms with E-state index in [1.807, 2.05) is 0 Å². The van der Waals surface area contributed by atoms with Crippen molar-refractivity contribution in [2.45, 2.75) is 62.9 Å². The summed E-state index contributed by atoms with van der Waals surface area (Å²) in [7, 11) is 0. The van der Waals surface area contributed by atoms with Gasteiger partial charge >= 0.3 is 0 Å². The molecule has 4 heteroatoms. The Hall–Kier alpha value is -0.610. The van der Waals surface area contributed by atoms with Gasteiger partial charge in [-0.3, -0.25) is 4.79 Å². The number of amides is 1. The van der Waals surface area contributed by atoms with Crippen molar-refractivity contribution in [2.75, 3.05) is 13.2 Å². The molecule has 1 aliphatic carbocycles. The minimum absolute atomic E-state index is 0.200. The fraction of sp³-hybridized carbons (Fsp3) is 0.923. The van der Waals surface area contributed by atoms with Gasteiger partial charge in [0.2, 0.25) is 5.91 Å². The van der Waals surface area contributed by atoms with Gasteiger partial charge in [0.05, 0.1) is 0 Å². The highest BCUT2D eigenvalue weighted by Gasteiger charge is 2.38. The van der Waals surface area contributed by atoms with Crippen LogP contribution in [0.3, 0.4) is 0 Å². The van der Waals surface area contributed by atoms with Crippen LogP contribution in [0.1, 0.15) is 51.4 Å². The maximum atomic E-state index is 11.8. The Morgan fingerprint density at radius 3 is 2.59 bits per heavy atom. The summed E-state index contributed by atoms with van der Waals surface area (Å²) in [5, 5.41) is 3.56. The third-order valence-corrected chi connectivity index (χ3v) is 4.12. The molecule has 1 heterocycles. The molecule has 1 amide bonds. The van der Waals surface area contributed by atoms with Gasteiger partial charge in [-0.2, -0.15) is 0 Å². The number of ether oxygens (including phenoxy) is 1. The summed E-state index contributed by atoms with van der Waals surface area (Å²) in [5.41, 5.74) is 5.12. The first-order valence-corrected chi connectivity index (χ1v) is 6.88. The van der Waals surface area contributed by atoms with Crippen LogP contribution in [-0.2, 0) is 9.53 Å². The van der Waals surface area contributed by atoms with Gasteiger partial charge in [0, 0.05) is 19.3 Å². The summed E-state index contributed by atoms with van der Waals surface area (Å²) in [4.78, 5) is 11.8. The Labute approximate surface area is 103 Å². The van der Waals surface area contributed by atoms with E-state index in [0.717, 1.165) is 25.9 Å². The van der Waals surface area contributed by atoms with Crippen molar-refractivity contribution in [3.8, 4) is 0 Å². The Kier molecular flexibility index (Phi) is 4.40. The number of primary amides is 1. The van der Waals surface area contributed by atoms with Gasteiger partial charge in [0.1, 0.15) is 5.54 Å². The molecule has 0 bridgehead atoms. The number of carbonyl (C=O) groups excluding carboxylic acids is 1. The molecule has 0 radical (unpaired) electrons. The van der Waals surface area contributed by atoms with Gasteiger partial charge in [-0.1, -0.05) is 19.3 Å². The van der Waals surface area contributed by atoms with E-state index >= 15 is 0 Å². The third-order valence-electron chi connectivity index (χ3n) is 4.12. The van der Waals surface area contributed by atoms with Crippen LogP contribution in [0.4, 0.5) is 0 Å². The van der Waals surface area contributed by atoms with Crippen molar-refractivity contribution in [3.05, 3.63) is 0 Å². The first kappa shape index (κ1) is 12.8.